The highest BCUT2D eigenvalue weighted by molar-refractivity contribution is 6.05. The molecule has 2 N–H and O–H groups in total. The molecular weight excluding hydrogens is 404 g/mol. The number of hydrogen-bond acceptors (Lipinski definition) is 4. The summed E-state index contributed by atoms with van der Waals surface area (Å²) in [5, 5.41) is 5.81. The summed E-state index contributed by atoms with van der Waals surface area (Å²) in [4.78, 5) is 26.1. The number of benzene rings is 2. The number of fused-ring (bicyclic) bond motifs is 1. The minimum Gasteiger partial charge on any atom is -0.487 e. The van der Waals surface area contributed by atoms with Crippen LogP contribution in [0.3, 0.4) is 0 Å². The lowest BCUT2D eigenvalue weighted by Gasteiger charge is -2.38. The predicted molar refractivity (Wildman–Crippen MR) is 122 cm³/mol. The van der Waals surface area contributed by atoms with Gasteiger partial charge >= 0.3 is 0 Å². The molecular formula is C26H26N2O4. The van der Waals surface area contributed by atoms with E-state index in [0.717, 1.165) is 16.9 Å². The van der Waals surface area contributed by atoms with Gasteiger partial charge < -0.3 is 19.8 Å². The van der Waals surface area contributed by atoms with Crippen LogP contribution in [0.25, 0.3) is 6.08 Å². The predicted octanol–water partition coefficient (Wildman–Crippen LogP) is 4.78. The molecule has 6 heteroatoms. The first-order chi connectivity index (χ1) is 15.3. The zero-order valence-corrected chi connectivity index (χ0v) is 18.3. The fourth-order valence-electron chi connectivity index (χ4n) is 3.74. The van der Waals surface area contributed by atoms with E-state index in [0.29, 0.717) is 17.7 Å². The largest absolute Gasteiger partial charge is 0.487 e. The fraction of sp³-hybridized carbons (Fsp3) is 0.231. The smallest absolute Gasteiger partial charge is 0.268 e. The van der Waals surface area contributed by atoms with Crippen LogP contribution in [0.1, 0.15) is 53.6 Å². The zero-order chi connectivity index (χ0) is 22.7. The van der Waals surface area contributed by atoms with Gasteiger partial charge in [0.05, 0.1) is 12.3 Å². The number of rotatable bonds is 5. The molecule has 0 saturated heterocycles. The van der Waals surface area contributed by atoms with E-state index in [4.69, 9.17) is 9.15 Å². The van der Waals surface area contributed by atoms with Crippen LogP contribution in [0.2, 0.25) is 0 Å². The van der Waals surface area contributed by atoms with Gasteiger partial charge in [-0.25, -0.2) is 0 Å². The molecule has 2 aromatic carbocycles. The van der Waals surface area contributed by atoms with Gasteiger partial charge in [0.25, 0.3) is 11.8 Å². The quantitative estimate of drug-likeness (QED) is 0.571. The number of nitrogens with one attached hydrogen (secondary N) is 2. The molecule has 1 aromatic heterocycles. The Bertz CT molecular complexity index is 1140. The Kier molecular flexibility index (Phi) is 5.86. The standard InChI is InChI=1S/C26H26N2O4/c1-17-10-12-18(13-11-17)24(29)27-21(15-19-7-6-14-31-19)25(30)28-22-16-26(2,3)32-23-9-5-4-8-20(22)23/h4-15,22H,16H2,1-3H3,(H,27,29)(H,28,30)/b21-15-/t22-/m1/s1. The Labute approximate surface area is 187 Å². The summed E-state index contributed by atoms with van der Waals surface area (Å²) >= 11 is 0. The lowest BCUT2D eigenvalue weighted by Crippen LogP contribution is -2.43. The van der Waals surface area contributed by atoms with Gasteiger partial charge in [-0.05, 0) is 51.1 Å². The summed E-state index contributed by atoms with van der Waals surface area (Å²) in [6.07, 6.45) is 3.63. The molecule has 2 heterocycles. The van der Waals surface area contributed by atoms with Crippen molar-refractivity contribution in [3.05, 3.63) is 95.1 Å². The minimum atomic E-state index is -0.442. The maximum absolute atomic E-state index is 13.3. The van der Waals surface area contributed by atoms with Gasteiger partial charge in [-0.2, -0.15) is 0 Å². The highest BCUT2D eigenvalue weighted by atomic mass is 16.5. The van der Waals surface area contributed by atoms with Crippen LogP contribution in [0.4, 0.5) is 0 Å². The third-order valence-electron chi connectivity index (χ3n) is 5.32. The molecule has 0 radical (unpaired) electrons. The molecule has 0 spiro atoms. The van der Waals surface area contributed by atoms with Crippen molar-refractivity contribution in [1.29, 1.82) is 0 Å². The molecule has 6 nitrogen and oxygen atoms in total. The number of amides is 2. The van der Waals surface area contributed by atoms with Crippen LogP contribution in [-0.2, 0) is 4.79 Å². The minimum absolute atomic E-state index is 0.104. The normalized spacial score (nSPS) is 17.1. The fourth-order valence-corrected chi connectivity index (χ4v) is 3.74. The van der Waals surface area contributed by atoms with Gasteiger partial charge in [-0.1, -0.05) is 35.9 Å². The van der Waals surface area contributed by atoms with E-state index in [9.17, 15) is 9.59 Å². The number of ether oxygens (including phenoxy) is 1. The van der Waals surface area contributed by atoms with Gasteiger partial charge in [0, 0.05) is 23.6 Å². The Morgan fingerprint density at radius 3 is 2.50 bits per heavy atom. The molecule has 0 saturated carbocycles. The van der Waals surface area contributed by atoms with E-state index in [1.807, 2.05) is 57.2 Å². The molecule has 1 aliphatic rings. The van der Waals surface area contributed by atoms with Crippen molar-refractivity contribution < 1.29 is 18.7 Å². The molecule has 0 fully saturated rings. The first kappa shape index (κ1) is 21.4. The van der Waals surface area contributed by atoms with Crippen LogP contribution in [0, 0.1) is 6.92 Å². The molecule has 3 aromatic rings. The van der Waals surface area contributed by atoms with E-state index >= 15 is 0 Å². The second kappa shape index (κ2) is 8.75. The Balaban J connectivity index is 1.60. The molecule has 32 heavy (non-hydrogen) atoms. The second-order valence-electron chi connectivity index (χ2n) is 8.52. The summed E-state index contributed by atoms with van der Waals surface area (Å²) in [6.45, 7) is 5.92. The van der Waals surface area contributed by atoms with Gasteiger partial charge in [0.1, 0.15) is 22.8 Å². The van der Waals surface area contributed by atoms with Crippen molar-refractivity contribution in [2.45, 2.75) is 38.8 Å². The Hall–Kier alpha value is -3.80. The van der Waals surface area contributed by atoms with Crippen molar-refractivity contribution in [2.75, 3.05) is 0 Å². The topological polar surface area (TPSA) is 80.6 Å². The average Bonchev–Trinajstić information content (AvgIpc) is 3.26. The monoisotopic (exact) mass is 430 g/mol. The van der Waals surface area contributed by atoms with Crippen molar-refractivity contribution in [2.24, 2.45) is 0 Å². The maximum Gasteiger partial charge on any atom is 0.268 e. The van der Waals surface area contributed by atoms with Crippen LogP contribution in [0.15, 0.2) is 77.0 Å². The first-order valence-corrected chi connectivity index (χ1v) is 10.5. The second-order valence-corrected chi connectivity index (χ2v) is 8.52. The van der Waals surface area contributed by atoms with E-state index in [1.54, 1.807) is 24.3 Å². The summed E-state index contributed by atoms with van der Waals surface area (Å²) in [5.74, 6) is 0.436. The highest BCUT2D eigenvalue weighted by Crippen LogP contribution is 2.39. The number of carbonyl (C=O) groups is 2. The number of carbonyl (C=O) groups excluding carboxylic acids is 2. The summed E-state index contributed by atoms with van der Waals surface area (Å²) in [6, 6.07) is 18.0. The first-order valence-electron chi connectivity index (χ1n) is 10.5. The van der Waals surface area contributed by atoms with Gasteiger partial charge in [-0.3, -0.25) is 9.59 Å². The maximum atomic E-state index is 13.3. The van der Waals surface area contributed by atoms with Crippen molar-refractivity contribution in [1.82, 2.24) is 10.6 Å². The zero-order valence-electron chi connectivity index (χ0n) is 18.3. The van der Waals surface area contributed by atoms with Crippen molar-refractivity contribution in [3.8, 4) is 5.75 Å². The van der Waals surface area contributed by atoms with E-state index in [2.05, 4.69) is 10.6 Å². The molecule has 164 valence electrons. The van der Waals surface area contributed by atoms with Crippen LogP contribution in [-0.4, -0.2) is 17.4 Å². The number of furan rings is 1. The number of aryl methyl sites for hydroxylation is 1. The van der Waals surface area contributed by atoms with E-state index < -0.39 is 11.5 Å². The van der Waals surface area contributed by atoms with E-state index in [-0.39, 0.29) is 17.6 Å². The van der Waals surface area contributed by atoms with Crippen LogP contribution >= 0.6 is 0 Å². The van der Waals surface area contributed by atoms with E-state index in [1.165, 1.54) is 12.3 Å². The summed E-state index contributed by atoms with van der Waals surface area (Å²) < 4.78 is 11.4. The van der Waals surface area contributed by atoms with Crippen molar-refractivity contribution in [3.63, 3.8) is 0 Å². The lowest BCUT2D eigenvalue weighted by molar-refractivity contribution is -0.119. The third kappa shape index (κ3) is 4.91. The molecule has 0 bridgehead atoms. The van der Waals surface area contributed by atoms with Gasteiger partial charge in [0.15, 0.2) is 0 Å². The molecule has 1 atom stereocenters. The Morgan fingerprint density at radius 2 is 1.78 bits per heavy atom. The SMILES string of the molecule is Cc1ccc(C(=O)N/C(=C\c2ccco2)C(=O)N[C@@H]2CC(C)(C)Oc3ccccc32)cc1. The average molecular weight is 431 g/mol. The molecule has 0 aliphatic carbocycles. The molecule has 0 unspecified atom stereocenters. The molecule has 2 amide bonds. The number of hydrogen-bond donors (Lipinski definition) is 2. The van der Waals surface area contributed by atoms with Crippen molar-refractivity contribution >= 4 is 17.9 Å². The van der Waals surface area contributed by atoms with Crippen LogP contribution in [0.5, 0.6) is 5.75 Å². The lowest BCUT2D eigenvalue weighted by atomic mass is 9.89. The van der Waals surface area contributed by atoms with Gasteiger partial charge in [0.2, 0.25) is 0 Å². The molecule has 4 rings (SSSR count). The highest BCUT2D eigenvalue weighted by Gasteiger charge is 2.34. The number of para-hydroxylation sites is 1. The Morgan fingerprint density at radius 1 is 1.03 bits per heavy atom. The summed E-state index contributed by atoms with van der Waals surface area (Å²) in [5.41, 5.74) is 2.08. The van der Waals surface area contributed by atoms with Crippen LogP contribution < -0.4 is 15.4 Å². The molecule has 1 aliphatic heterocycles. The summed E-state index contributed by atoms with van der Waals surface area (Å²) in [7, 11) is 0. The van der Waals surface area contributed by atoms with Gasteiger partial charge in [-0.15, -0.1) is 0 Å². The third-order valence-corrected chi connectivity index (χ3v) is 5.32.